The summed E-state index contributed by atoms with van der Waals surface area (Å²) in [5.74, 6) is 0. The number of benzene rings is 1. The molecule has 0 aliphatic carbocycles. The molecule has 0 radical (unpaired) electrons. The van der Waals surface area contributed by atoms with Crippen LogP contribution in [-0.4, -0.2) is 67.9 Å². The molecule has 3 heterocycles. The van der Waals surface area contributed by atoms with Crippen LogP contribution in [0.1, 0.15) is 38.5 Å². The zero-order valence-electron chi connectivity index (χ0n) is 16.1. The Labute approximate surface area is 166 Å². The number of likely N-dealkylation sites (tertiary alicyclic amines) is 1. The molecule has 1 aromatic rings. The standard InChI is InChI=1S/C19H28N4O4S/c24-23(25)19-14-17(28(26,27)22-11-2-1-3-12-22)6-7-18(19)21-13-8-16(15-21)20-9-4-5-10-20/h6-7,14,16H,1-5,8-13,15H2. The first kappa shape index (κ1) is 19.6. The molecule has 0 aromatic heterocycles. The lowest BCUT2D eigenvalue weighted by molar-refractivity contribution is -0.384. The van der Waals surface area contributed by atoms with Crippen LogP contribution in [0.4, 0.5) is 11.4 Å². The van der Waals surface area contributed by atoms with E-state index in [1.54, 1.807) is 6.07 Å². The van der Waals surface area contributed by atoms with Crippen molar-refractivity contribution in [1.29, 1.82) is 0 Å². The number of nitro groups is 1. The lowest BCUT2D eigenvalue weighted by Crippen LogP contribution is -2.36. The topological polar surface area (TPSA) is 87.0 Å². The van der Waals surface area contributed by atoms with E-state index < -0.39 is 14.9 Å². The van der Waals surface area contributed by atoms with Gasteiger partial charge in [-0.15, -0.1) is 0 Å². The third-order valence-electron chi connectivity index (χ3n) is 6.26. The van der Waals surface area contributed by atoms with Gasteiger partial charge in [0.2, 0.25) is 10.0 Å². The van der Waals surface area contributed by atoms with Crippen LogP contribution >= 0.6 is 0 Å². The molecule has 3 fully saturated rings. The molecule has 0 N–H and O–H groups in total. The van der Waals surface area contributed by atoms with E-state index in [1.165, 1.54) is 29.3 Å². The van der Waals surface area contributed by atoms with Gasteiger partial charge in [0.1, 0.15) is 5.69 Å². The van der Waals surface area contributed by atoms with E-state index in [0.29, 0.717) is 24.8 Å². The van der Waals surface area contributed by atoms with E-state index in [-0.39, 0.29) is 10.6 Å². The fourth-order valence-corrected chi connectivity index (χ4v) is 6.23. The smallest absolute Gasteiger partial charge is 0.293 e. The summed E-state index contributed by atoms with van der Waals surface area (Å²) >= 11 is 0. The molecule has 9 heteroatoms. The monoisotopic (exact) mass is 408 g/mol. The summed E-state index contributed by atoms with van der Waals surface area (Å²) in [6, 6.07) is 4.85. The van der Waals surface area contributed by atoms with Crippen LogP contribution in [-0.2, 0) is 10.0 Å². The molecule has 154 valence electrons. The highest BCUT2D eigenvalue weighted by Crippen LogP contribution is 2.35. The second kappa shape index (κ2) is 7.96. The van der Waals surface area contributed by atoms with Crippen molar-refractivity contribution < 1.29 is 13.3 Å². The molecule has 4 rings (SSSR count). The molecule has 0 spiro atoms. The van der Waals surface area contributed by atoms with E-state index in [4.69, 9.17) is 0 Å². The van der Waals surface area contributed by atoms with Crippen molar-refractivity contribution in [3.8, 4) is 0 Å². The predicted octanol–water partition coefficient (Wildman–Crippen LogP) is 2.44. The van der Waals surface area contributed by atoms with Crippen molar-refractivity contribution in [2.24, 2.45) is 0 Å². The fourth-order valence-electron chi connectivity index (χ4n) is 4.70. The minimum absolute atomic E-state index is 0.0279. The second-order valence-electron chi connectivity index (χ2n) is 8.00. The zero-order chi connectivity index (χ0) is 19.7. The molecule has 0 amide bonds. The number of anilines is 1. The van der Waals surface area contributed by atoms with E-state index in [1.807, 2.05) is 4.90 Å². The first-order chi connectivity index (χ1) is 13.5. The van der Waals surface area contributed by atoms with E-state index in [0.717, 1.165) is 51.9 Å². The average Bonchev–Trinajstić information content (AvgIpc) is 3.40. The second-order valence-corrected chi connectivity index (χ2v) is 9.94. The minimum Gasteiger partial charge on any atom is -0.364 e. The SMILES string of the molecule is O=[N+]([O-])c1cc(S(=O)(=O)N2CCCCC2)ccc1N1CCC(N2CCCC2)C1. The van der Waals surface area contributed by atoms with Crippen molar-refractivity contribution >= 4 is 21.4 Å². The molecule has 3 aliphatic rings. The third-order valence-corrected chi connectivity index (χ3v) is 8.15. The van der Waals surface area contributed by atoms with Gasteiger partial charge in [-0.2, -0.15) is 4.31 Å². The maximum Gasteiger partial charge on any atom is 0.293 e. The molecule has 1 atom stereocenters. The summed E-state index contributed by atoms with van der Waals surface area (Å²) in [6.07, 6.45) is 6.14. The van der Waals surface area contributed by atoms with Crippen LogP contribution in [0.15, 0.2) is 23.1 Å². The summed E-state index contributed by atoms with van der Waals surface area (Å²) in [4.78, 5) is 15.8. The van der Waals surface area contributed by atoms with Gasteiger partial charge in [-0.25, -0.2) is 8.42 Å². The Hall–Kier alpha value is -1.71. The molecule has 28 heavy (non-hydrogen) atoms. The normalized spacial score (nSPS) is 24.7. The van der Waals surface area contributed by atoms with Crippen LogP contribution in [0.2, 0.25) is 0 Å². The van der Waals surface area contributed by atoms with Gasteiger partial charge < -0.3 is 4.90 Å². The van der Waals surface area contributed by atoms with E-state index in [9.17, 15) is 18.5 Å². The van der Waals surface area contributed by atoms with Gasteiger partial charge in [0, 0.05) is 38.3 Å². The van der Waals surface area contributed by atoms with Crippen molar-refractivity contribution in [2.75, 3.05) is 44.2 Å². The number of hydrogen-bond acceptors (Lipinski definition) is 6. The van der Waals surface area contributed by atoms with Gasteiger partial charge in [0.05, 0.1) is 9.82 Å². The zero-order valence-corrected chi connectivity index (χ0v) is 16.9. The maximum atomic E-state index is 12.9. The van der Waals surface area contributed by atoms with Gasteiger partial charge in [-0.1, -0.05) is 6.42 Å². The first-order valence-corrected chi connectivity index (χ1v) is 11.7. The summed E-state index contributed by atoms with van der Waals surface area (Å²) in [7, 11) is -3.68. The Bertz CT molecular complexity index is 832. The van der Waals surface area contributed by atoms with Crippen LogP contribution in [0.3, 0.4) is 0 Å². The lowest BCUT2D eigenvalue weighted by Gasteiger charge is -2.26. The Morgan fingerprint density at radius 3 is 2.32 bits per heavy atom. The van der Waals surface area contributed by atoms with Crippen molar-refractivity contribution in [3.63, 3.8) is 0 Å². The molecule has 1 aromatic carbocycles. The van der Waals surface area contributed by atoms with Crippen molar-refractivity contribution in [1.82, 2.24) is 9.21 Å². The molecule has 1 unspecified atom stereocenters. The van der Waals surface area contributed by atoms with E-state index >= 15 is 0 Å². The van der Waals surface area contributed by atoms with Gasteiger partial charge >= 0.3 is 0 Å². The minimum atomic E-state index is -3.68. The number of hydrogen-bond donors (Lipinski definition) is 0. The van der Waals surface area contributed by atoms with Crippen LogP contribution in [0.5, 0.6) is 0 Å². The Morgan fingerprint density at radius 2 is 1.64 bits per heavy atom. The summed E-state index contributed by atoms with van der Waals surface area (Å²) in [5.41, 5.74) is 0.421. The van der Waals surface area contributed by atoms with Gasteiger partial charge in [-0.3, -0.25) is 15.0 Å². The highest BCUT2D eigenvalue weighted by atomic mass is 32.2. The summed E-state index contributed by atoms with van der Waals surface area (Å²) in [6.45, 7) is 4.71. The van der Waals surface area contributed by atoms with E-state index in [2.05, 4.69) is 4.90 Å². The third kappa shape index (κ3) is 3.75. The quantitative estimate of drug-likeness (QED) is 0.549. The molecule has 0 saturated carbocycles. The number of piperidine rings is 1. The van der Waals surface area contributed by atoms with Crippen molar-refractivity contribution in [2.45, 2.75) is 49.5 Å². The molecule has 3 saturated heterocycles. The molecule has 8 nitrogen and oxygen atoms in total. The largest absolute Gasteiger partial charge is 0.364 e. The average molecular weight is 409 g/mol. The first-order valence-electron chi connectivity index (χ1n) is 10.2. The van der Waals surface area contributed by atoms with Crippen molar-refractivity contribution in [3.05, 3.63) is 28.3 Å². The lowest BCUT2D eigenvalue weighted by atomic mass is 10.2. The van der Waals surface area contributed by atoms with Crippen LogP contribution in [0.25, 0.3) is 0 Å². The van der Waals surface area contributed by atoms with Gasteiger partial charge in [-0.05, 0) is 57.3 Å². The number of nitrogens with zero attached hydrogens (tertiary/aromatic N) is 4. The maximum absolute atomic E-state index is 12.9. The Morgan fingerprint density at radius 1 is 0.964 bits per heavy atom. The molecule has 3 aliphatic heterocycles. The fraction of sp³-hybridized carbons (Fsp3) is 0.684. The predicted molar refractivity (Wildman–Crippen MR) is 107 cm³/mol. The molecular formula is C19H28N4O4S. The molecular weight excluding hydrogens is 380 g/mol. The van der Waals surface area contributed by atoms with Crippen LogP contribution in [0, 0.1) is 10.1 Å². The molecule has 0 bridgehead atoms. The highest BCUT2D eigenvalue weighted by molar-refractivity contribution is 7.89. The number of nitro benzene ring substituents is 1. The van der Waals surface area contributed by atoms with Gasteiger partial charge in [0.25, 0.3) is 5.69 Å². The van der Waals surface area contributed by atoms with Crippen LogP contribution < -0.4 is 4.90 Å². The Balaban J connectivity index is 1.58. The number of sulfonamides is 1. The summed E-state index contributed by atoms with van der Waals surface area (Å²) < 4.78 is 27.3. The van der Waals surface area contributed by atoms with Gasteiger partial charge in [0.15, 0.2) is 0 Å². The number of rotatable bonds is 5. The Kier molecular flexibility index (Phi) is 5.57. The summed E-state index contributed by atoms with van der Waals surface area (Å²) in [5, 5.41) is 11.7. The highest BCUT2D eigenvalue weighted by Gasteiger charge is 2.34.